The summed E-state index contributed by atoms with van der Waals surface area (Å²) in [5.74, 6) is 0.863. The number of hydrogen-bond donors (Lipinski definition) is 1. The summed E-state index contributed by atoms with van der Waals surface area (Å²) in [6, 6.07) is 17.3. The van der Waals surface area contributed by atoms with Crippen LogP contribution in [0.1, 0.15) is 24.8 Å². The molecule has 1 N–H and O–H groups in total. The van der Waals surface area contributed by atoms with Crippen LogP contribution in [0.4, 0.5) is 11.5 Å². The number of hydrogen-bond acceptors (Lipinski definition) is 3. The number of carbonyl (C=O) groups excluding carboxylic acids is 1. The summed E-state index contributed by atoms with van der Waals surface area (Å²) in [6.07, 6.45) is 7.05. The van der Waals surface area contributed by atoms with E-state index in [1.54, 1.807) is 18.2 Å². The first kappa shape index (κ1) is 21.2. The summed E-state index contributed by atoms with van der Waals surface area (Å²) in [4.78, 5) is 19.3. The molecule has 1 aliphatic rings. The van der Waals surface area contributed by atoms with Gasteiger partial charge in [0.15, 0.2) is 0 Å². The van der Waals surface area contributed by atoms with Crippen molar-refractivity contribution in [2.24, 2.45) is 0 Å². The first-order valence-electron chi connectivity index (χ1n) is 9.58. The number of rotatable bonds is 4. The van der Waals surface area contributed by atoms with Gasteiger partial charge in [-0.1, -0.05) is 23.7 Å². The van der Waals surface area contributed by atoms with Crippen molar-refractivity contribution in [1.82, 2.24) is 4.98 Å². The first-order valence-corrected chi connectivity index (χ1v) is 9.96. The van der Waals surface area contributed by atoms with Crippen molar-refractivity contribution in [3.63, 3.8) is 0 Å². The molecular formula is C23H23Cl2N3O. The average Bonchev–Trinajstić information content (AvgIpc) is 2.73. The molecule has 1 amide bonds. The van der Waals surface area contributed by atoms with Crippen molar-refractivity contribution in [2.45, 2.75) is 19.3 Å². The van der Waals surface area contributed by atoms with Crippen LogP contribution in [0.5, 0.6) is 0 Å². The van der Waals surface area contributed by atoms with E-state index in [9.17, 15) is 4.79 Å². The number of pyridine rings is 1. The molecule has 3 aromatic rings. The Balaban J connectivity index is 0.00000240. The quantitative estimate of drug-likeness (QED) is 0.522. The van der Waals surface area contributed by atoms with Crippen molar-refractivity contribution in [3.05, 3.63) is 71.3 Å². The highest BCUT2D eigenvalue weighted by Crippen LogP contribution is 2.23. The zero-order chi connectivity index (χ0) is 19.3. The summed E-state index contributed by atoms with van der Waals surface area (Å²) in [7, 11) is 0. The molecule has 2 aromatic carbocycles. The Morgan fingerprint density at radius 2 is 1.76 bits per heavy atom. The largest absolute Gasteiger partial charge is 0.357 e. The third-order valence-electron chi connectivity index (χ3n) is 4.92. The van der Waals surface area contributed by atoms with Crippen LogP contribution >= 0.6 is 24.0 Å². The number of carbonyl (C=O) groups is 1. The molecule has 1 saturated heterocycles. The van der Waals surface area contributed by atoms with Crippen molar-refractivity contribution < 1.29 is 4.79 Å². The molecule has 1 fully saturated rings. The van der Waals surface area contributed by atoms with E-state index >= 15 is 0 Å². The van der Waals surface area contributed by atoms with E-state index in [0.29, 0.717) is 5.02 Å². The number of piperidine rings is 1. The Morgan fingerprint density at radius 3 is 2.52 bits per heavy atom. The van der Waals surface area contributed by atoms with Gasteiger partial charge in [0.1, 0.15) is 5.82 Å². The van der Waals surface area contributed by atoms with Crippen LogP contribution in [0, 0.1) is 0 Å². The van der Waals surface area contributed by atoms with E-state index in [4.69, 9.17) is 16.6 Å². The fourth-order valence-electron chi connectivity index (χ4n) is 3.42. The molecule has 0 saturated carbocycles. The van der Waals surface area contributed by atoms with E-state index in [1.165, 1.54) is 25.3 Å². The molecule has 1 aromatic heterocycles. The van der Waals surface area contributed by atoms with E-state index in [1.807, 2.05) is 30.3 Å². The smallest absolute Gasteiger partial charge is 0.248 e. The van der Waals surface area contributed by atoms with Crippen LogP contribution in [0.2, 0.25) is 5.02 Å². The van der Waals surface area contributed by atoms with Crippen LogP contribution in [0.3, 0.4) is 0 Å². The van der Waals surface area contributed by atoms with Crippen molar-refractivity contribution in [1.29, 1.82) is 0 Å². The van der Waals surface area contributed by atoms with Crippen molar-refractivity contribution in [2.75, 3.05) is 23.3 Å². The van der Waals surface area contributed by atoms with Gasteiger partial charge in [0, 0.05) is 35.3 Å². The highest BCUT2D eigenvalue weighted by Gasteiger charge is 2.12. The van der Waals surface area contributed by atoms with Crippen LogP contribution < -0.4 is 10.2 Å². The van der Waals surface area contributed by atoms with Crippen LogP contribution in [0.15, 0.2) is 60.7 Å². The fourth-order valence-corrected chi connectivity index (χ4v) is 3.55. The van der Waals surface area contributed by atoms with Gasteiger partial charge in [-0.3, -0.25) is 4.79 Å². The molecule has 29 heavy (non-hydrogen) atoms. The molecule has 0 aliphatic carbocycles. The Morgan fingerprint density at radius 1 is 1.00 bits per heavy atom. The number of nitrogens with zero attached hydrogens (tertiary/aromatic N) is 2. The van der Waals surface area contributed by atoms with Gasteiger partial charge >= 0.3 is 0 Å². The molecule has 0 spiro atoms. The first-order chi connectivity index (χ1) is 13.7. The Bertz CT molecular complexity index is 1010. The summed E-state index contributed by atoms with van der Waals surface area (Å²) >= 11 is 5.87. The number of aromatic nitrogens is 1. The second-order valence-electron chi connectivity index (χ2n) is 7.00. The van der Waals surface area contributed by atoms with Crippen LogP contribution in [-0.2, 0) is 4.79 Å². The SMILES string of the molecule is Cl.O=C(/C=C/c1ccc(Cl)cc1)Nc1ccc2nc(N3CCCCC3)ccc2c1. The summed E-state index contributed by atoms with van der Waals surface area (Å²) in [6.45, 7) is 2.15. The zero-order valence-corrected chi connectivity index (χ0v) is 17.5. The number of halogens is 2. The maximum atomic E-state index is 12.2. The van der Waals surface area contributed by atoms with Gasteiger partial charge in [-0.25, -0.2) is 4.98 Å². The number of nitrogens with one attached hydrogen (secondary N) is 1. The number of benzene rings is 2. The number of amides is 1. The van der Waals surface area contributed by atoms with Crippen molar-refractivity contribution >= 4 is 58.4 Å². The molecule has 0 bridgehead atoms. The van der Waals surface area contributed by atoms with E-state index in [2.05, 4.69) is 22.3 Å². The Hall–Kier alpha value is -2.56. The molecule has 0 radical (unpaired) electrons. The van der Waals surface area contributed by atoms with Crippen molar-refractivity contribution in [3.8, 4) is 0 Å². The zero-order valence-electron chi connectivity index (χ0n) is 16.0. The molecule has 4 rings (SSSR count). The van der Waals surface area contributed by atoms with Gasteiger partial charge in [-0.05, 0) is 73.4 Å². The maximum Gasteiger partial charge on any atom is 0.248 e. The highest BCUT2D eigenvalue weighted by molar-refractivity contribution is 6.30. The predicted octanol–water partition coefficient (Wildman–Crippen LogP) is 5.95. The predicted molar refractivity (Wildman–Crippen MR) is 124 cm³/mol. The fraction of sp³-hybridized carbons (Fsp3) is 0.217. The molecule has 1 aliphatic heterocycles. The minimum Gasteiger partial charge on any atom is -0.357 e. The molecule has 0 unspecified atom stereocenters. The lowest BCUT2D eigenvalue weighted by atomic mass is 10.1. The third kappa shape index (κ3) is 5.49. The number of anilines is 2. The summed E-state index contributed by atoms with van der Waals surface area (Å²) in [5, 5.41) is 4.59. The minimum atomic E-state index is -0.174. The highest BCUT2D eigenvalue weighted by atomic mass is 35.5. The molecule has 6 heteroatoms. The minimum absolute atomic E-state index is 0. The number of fused-ring (bicyclic) bond motifs is 1. The Kier molecular flexibility index (Phi) is 7.13. The van der Waals surface area contributed by atoms with Gasteiger partial charge < -0.3 is 10.2 Å². The summed E-state index contributed by atoms with van der Waals surface area (Å²) < 4.78 is 0. The van der Waals surface area contributed by atoms with Crippen LogP contribution in [0.25, 0.3) is 17.0 Å². The van der Waals surface area contributed by atoms with Gasteiger partial charge in [-0.15, -0.1) is 12.4 Å². The molecular weight excluding hydrogens is 405 g/mol. The van der Waals surface area contributed by atoms with Gasteiger partial charge in [0.25, 0.3) is 0 Å². The standard InChI is InChI=1S/C23H22ClN3O.ClH/c24-19-8-4-17(5-9-19)6-13-23(28)25-20-10-11-21-18(16-20)7-12-22(26-21)27-14-2-1-3-15-27;/h4-13,16H,1-3,14-15H2,(H,25,28);1H/b13-6+;. The normalized spacial score (nSPS) is 14.0. The Labute approximate surface area is 182 Å². The van der Waals surface area contributed by atoms with Gasteiger partial charge in [-0.2, -0.15) is 0 Å². The monoisotopic (exact) mass is 427 g/mol. The van der Waals surface area contributed by atoms with E-state index in [0.717, 1.165) is 41.1 Å². The lowest BCUT2D eigenvalue weighted by molar-refractivity contribution is -0.111. The summed E-state index contributed by atoms with van der Waals surface area (Å²) in [5.41, 5.74) is 2.62. The van der Waals surface area contributed by atoms with E-state index in [-0.39, 0.29) is 18.3 Å². The lowest BCUT2D eigenvalue weighted by Gasteiger charge is -2.27. The topological polar surface area (TPSA) is 45.2 Å². The van der Waals surface area contributed by atoms with Crippen LogP contribution in [-0.4, -0.2) is 24.0 Å². The molecule has 150 valence electrons. The van der Waals surface area contributed by atoms with Gasteiger partial charge in [0.2, 0.25) is 5.91 Å². The molecule has 2 heterocycles. The second-order valence-corrected chi connectivity index (χ2v) is 7.44. The lowest BCUT2D eigenvalue weighted by Crippen LogP contribution is -2.30. The maximum absolute atomic E-state index is 12.2. The molecule has 0 atom stereocenters. The van der Waals surface area contributed by atoms with Gasteiger partial charge in [0.05, 0.1) is 5.52 Å². The second kappa shape index (κ2) is 9.77. The molecule has 4 nitrogen and oxygen atoms in total. The van der Waals surface area contributed by atoms with E-state index < -0.39 is 0 Å². The average molecular weight is 428 g/mol. The third-order valence-corrected chi connectivity index (χ3v) is 5.17.